The maximum absolute atomic E-state index is 13.2. The number of fused-ring (bicyclic) bond motifs is 1. The second-order valence-corrected chi connectivity index (χ2v) is 12.1. The van der Waals surface area contributed by atoms with Crippen LogP contribution < -0.4 is 15.5 Å². The van der Waals surface area contributed by atoms with Crippen molar-refractivity contribution < 1.29 is 65.7 Å². The number of hydrogen-bond donors (Lipinski definition) is 5. The minimum Gasteiger partial charge on any atom is -0.489 e. The van der Waals surface area contributed by atoms with Crippen LogP contribution in [0.5, 0.6) is 5.75 Å². The number of hydrogen-bond acceptors (Lipinski definition) is 8. The molecule has 2 aromatic carbocycles. The van der Waals surface area contributed by atoms with Gasteiger partial charge in [0.2, 0.25) is 5.91 Å². The first-order valence-corrected chi connectivity index (χ1v) is 15.5. The van der Waals surface area contributed by atoms with Gasteiger partial charge in [0.15, 0.2) is 0 Å². The normalized spacial score (nSPS) is 17.6. The number of benzene rings is 2. The number of aryl methyl sites for hydroxylation is 1. The van der Waals surface area contributed by atoms with Gasteiger partial charge in [-0.1, -0.05) is 18.2 Å². The summed E-state index contributed by atoms with van der Waals surface area (Å²) in [6, 6.07) is 17.1. The first-order chi connectivity index (χ1) is 23.8. The Morgan fingerprint density at radius 1 is 0.961 bits per heavy atom. The summed E-state index contributed by atoms with van der Waals surface area (Å²) in [6.45, 7) is 4.93. The molecule has 12 nitrogen and oxygen atoms in total. The lowest BCUT2D eigenvalue weighted by molar-refractivity contribution is -0.193. The molecular formula is C33H36F6N4O8. The summed E-state index contributed by atoms with van der Waals surface area (Å²) in [4.78, 5) is 50.1. The first kappa shape index (κ1) is 40.5. The summed E-state index contributed by atoms with van der Waals surface area (Å²) in [6.07, 6.45) is -6.05. The molecule has 0 bridgehead atoms. The number of likely N-dealkylation sites (tertiary alicyclic amines) is 1. The molecule has 1 saturated carbocycles. The number of rotatable bonds is 9. The Morgan fingerprint density at radius 2 is 1.55 bits per heavy atom. The number of nitrogens with one attached hydrogen (secondary N) is 2. The van der Waals surface area contributed by atoms with E-state index in [1.165, 1.54) is 12.8 Å². The summed E-state index contributed by atoms with van der Waals surface area (Å²) >= 11 is 0. The van der Waals surface area contributed by atoms with E-state index >= 15 is 0 Å². The average molecular weight is 731 g/mol. The number of para-hydroxylation sites is 1. The Morgan fingerprint density at radius 3 is 2.10 bits per heavy atom. The van der Waals surface area contributed by atoms with Crippen LogP contribution in [-0.4, -0.2) is 86.6 Å². The molecule has 1 unspecified atom stereocenters. The lowest BCUT2D eigenvalue weighted by Crippen LogP contribution is -2.60. The fraction of sp³-hybridized carbons (Fsp3) is 0.424. The number of carboxylic acids is 2. The van der Waals surface area contributed by atoms with E-state index in [1.54, 1.807) is 29.7 Å². The van der Waals surface area contributed by atoms with Gasteiger partial charge in [-0.15, -0.1) is 0 Å². The van der Waals surface area contributed by atoms with Crippen LogP contribution in [0.15, 0.2) is 54.6 Å². The second-order valence-electron chi connectivity index (χ2n) is 12.1. The topological polar surface area (TPSA) is 178 Å². The van der Waals surface area contributed by atoms with Gasteiger partial charge in [0.1, 0.15) is 12.4 Å². The van der Waals surface area contributed by atoms with Crippen LogP contribution in [0, 0.1) is 12.8 Å². The van der Waals surface area contributed by atoms with Crippen LogP contribution in [0.1, 0.15) is 53.7 Å². The highest BCUT2D eigenvalue weighted by Gasteiger charge is 2.41. The molecule has 1 atom stereocenters. The second kappa shape index (κ2) is 17.3. The molecule has 1 aliphatic heterocycles. The molecule has 2 heterocycles. The predicted octanol–water partition coefficient (Wildman–Crippen LogP) is 5.26. The maximum Gasteiger partial charge on any atom is 0.490 e. The van der Waals surface area contributed by atoms with Crippen molar-refractivity contribution in [3.63, 3.8) is 0 Å². The Labute approximate surface area is 287 Å². The van der Waals surface area contributed by atoms with Gasteiger partial charge in [0.05, 0.1) is 17.5 Å². The molecule has 2 fully saturated rings. The van der Waals surface area contributed by atoms with Gasteiger partial charge < -0.3 is 25.2 Å². The van der Waals surface area contributed by atoms with Crippen LogP contribution in [-0.2, 0) is 21.0 Å². The van der Waals surface area contributed by atoms with Gasteiger partial charge in [0, 0.05) is 35.3 Å². The lowest BCUT2D eigenvalue weighted by Gasteiger charge is -2.43. The molecule has 2 amide bonds. The van der Waals surface area contributed by atoms with Crippen molar-refractivity contribution in [2.75, 3.05) is 19.6 Å². The number of aliphatic carboxylic acids is 2. The van der Waals surface area contributed by atoms with Crippen molar-refractivity contribution in [3.8, 4) is 5.75 Å². The first-order valence-electron chi connectivity index (χ1n) is 15.5. The molecule has 0 radical (unpaired) electrons. The molecule has 1 aliphatic carbocycles. The number of nitrogens with zero attached hydrogens (tertiary/aromatic N) is 2. The highest BCUT2D eigenvalue weighted by Crippen LogP contribution is 2.33. The van der Waals surface area contributed by atoms with Crippen LogP contribution in [0.3, 0.4) is 0 Å². The smallest absolute Gasteiger partial charge is 0.489 e. The number of pyridine rings is 1. The Bertz CT molecular complexity index is 1660. The van der Waals surface area contributed by atoms with E-state index in [4.69, 9.17) is 29.7 Å². The molecule has 5 rings (SSSR count). The van der Waals surface area contributed by atoms with Gasteiger partial charge in [0.25, 0.3) is 5.91 Å². The molecule has 18 heteroatoms. The predicted molar refractivity (Wildman–Crippen MR) is 168 cm³/mol. The number of aromatic nitrogens is 1. The van der Waals surface area contributed by atoms with Gasteiger partial charge in [-0.25, -0.2) is 15.1 Å². The van der Waals surface area contributed by atoms with Crippen LogP contribution in [0.25, 0.3) is 10.9 Å². The largest absolute Gasteiger partial charge is 0.490 e. The number of piperidine rings is 1. The number of halogens is 6. The molecule has 1 saturated heterocycles. The number of hydroxylamine groups is 1. The van der Waals surface area contributed by atoms with E-state index in [0.29, 0.717) is 30.9 Å². The standard InChI is InChI=1S/C29H34N4O4.2C2HF3O2/c1-20-15-23(25-5-2-3-6-26(25)30-20)18-37-24-11-9-22(10-12-24)28(35)31-29(16-27(34)32-36)13-4-14-33(19-29)17-21-7-8-21;2*3-2(4,5)1(6)7/h2-3,5-6,9-12,15,21,36H,4,7-8,13-14,16-19H2,1H3,(H,31,35)(H,32,34);2*(H,6,7). The van der Waals surface area contributed by atoms with Crippen LogP contribution in [0.4, 0.5) is 26.3 Å². The SMILES string of the molecule is Cc1cc(COc2ccc(C(=O)NC3(CC(=O)NO)CCCN(CC4CC4)C3)cc2)c2ccccc2n1.O=C(O)C(F)(F)F.O=C(O)C(F)(F)F. The molecule has 2 aliphatic rings. The number of carbonyl (C=O) groups is 4. The number of carbonyl (C=O) groups excluding carboxylic acids is 2. The van der Waals surface area contributed by atoms with Crippen molar-refractivity contribution in [1.29, 1.82) is 0 Å². The van der Waals surface area contributed by atoms with Crippen molar-refractivity contribution in [2.24, 2.45) is 5.92 Å². The fourth-order valence-corrected chi connectivity index (χ4v) is 5.38. The summed E-state index contributed by atoms with van der Waals surface area (Å²) in [5.74, 6) is -4.85. The molecule has 278 valence electrons. The van der Waals surface area contributed by atoms with Crippen molar-refractivity contribution in [2.45, 2.75) is 63.5 Å². The van der Waals surface area contributed by atoms with Crippen molar-refractivity contribution in [3.05, 3.63) is 71.4 Å². The molecule has 5 N–H and O–H groups in total. The molecule has 3 aromatic rings. The van der Waals surface area contributed by atoms with E-state index < -0.39 is 35.7 Å². The minimum absolute atomic E-state index is 0.0386. The zero-order valence-electron chi connectivity index (χ0n) is 27.2. The maximum atomic E-state index is 13.2. The van der Waals surface area contributed by atoms with E-state index in [2.05, 4.69) is 15.2 Å². The zero-order valence-corrected chi connectivity index (χ0v) is 27.2. The molecule has 1 aromatic heterocycles. The zero-order chi connectivity index (χ0) is 38.0. The van der Waals surface area contributed by atoms with E-state index in [1.807, 2.05) is 37.3 Å². The number of alkyl halides is 6. The monoisotopic (exact) mass is 730 g/mol. The third-order valence-corrected chi connectivity index (χ3v) is 7.80. The van der Waals surface area contributed by atoms with Gasteiger partial charge in [-0.05, 0) is 81.5 Å². The van der Waals surface area contributed by atoms with E-state index in [-0.39, 0.29) is 12.3 Å². The third-order valence-electron chi connectivity index (χ3n) is 7.80. The van der Waals surface area contributed by atoms with Crippen LogP contribution in [0.2, 0.25) is 0 Å². The molecule has 51 heavy (non-hydrogen) atoms. The van der Waals surface area contributed by atoms with Crippen molar-refractivity contribution in [1.82, 2.24) is 20.7 Å². The van der Waals surface area contributed by atoms with E-state index in [0.717, 1.165) is 47.6 Å². The lowest BCUT2D eigenvalue weighted by atomic mass is 9.85. The Hall–Kier alpha value is -4.97. The Kier molecular flexibility index (Phi) is 13.7. The summed E-state index contributed by atoms with van der Waals surface area (Å²) in [5, 5.41) is 27.6. The van der Waals surface area contributed by atoms with E-state index in [9.17, 15) is 35.9 Å². The summed E-state index contributed by atoms with van der Waals surface area (Å²) in [5.41, 5.74) is 4.46. The number of amides is 2. The summed E-state index contributed by atoms with van der Waals surface area (Å²) in [7, 11) is 0. The average Bonchev–Trinajstić information content (AvgIpc) is 3.87. The quantitative estimate of drug-likeness (QED) is 0.111. The number of ether oxygens (including phenoxy) is 1. The highest BCUT2D eigenvalue weighted by atomic mass is 19.4. The van der Waals surface area contributed by atoms with Crippen molar-refractivity contribution >= 4 is 34.7 Å². The fourth-order valence-electron chi connectivity index (χ4n) is 5.38. The van der Waals surface area contributed by atoms with Gasteiger partial charge >= 0.3 is 24.3 Å². The molecule has 0 spiro atoms. The molecular weight excluding hydrogens is 694 g/mol. The number of carboxylic acid groups (broad SMARTS) is 2. The van der Waals surface area contributed by atoms with Crippen LogP contribution >= 0.6 is 0 Å². The third kappa shape index (κ3) is 13.0. The minimum atomic E-state index is -5.08. The van der Waals surface area contributed by atoms with Gasteiger partial charge in [-0.2, -0.15) is 26.3 Å². The summed E-state index contributed by atoms with van der Waals surface area (Å²) < 4.78 is 69.5. The highest BCUT2D eigenvalue weighted by molar-refractivity contribution is 5.95. The van der Waals surface area contributed by atoms with Gasteiger partial charge in [-0.3, -0.25) is 19.8 Å². The Balaban J connectivity index is 0.000000424.